The van der Waals surface area contributed by atoms with Gasteiger partial charge in [-0.15, -0.1) is 0 Å². The average molecular weight is 379 g/mol. The normalized spacial score (nSPS) is 19.5. The van der Waals surface area contributed by atoms with Gasteiger partial charge in [0, 0.05) is 25.0 Å². The number of rotatable bonds is 5. The molecule has 1 aromatic carbocycles. The van der Waals surface area contributed by atoms with Crippen molar-refractivity contribution >= 4 is 5.95 Å². The van der Waals surface area contributed by atoms with E-state index >= 15 is 0 Å². The predicted octanol–water partition coefficient (Wildman–Crippen LogP) is 2.83. The Morgan fingerprint density at radius 1 is 1.14 bits per heavy atom. The molecule has 1 fully saturated rings. The summed E-state index contributed by atoms with van der Waals surface area (Å²) in [5.41, 5.74) is 2.16. The molecule has 2 N–H and O–H groups in total. The molecule has 3 aromatic rings. The van der Waals surface area contributed by atoms with Gasteiger partial charge >= 0.3 is 5.69 Å². The van der Waals surface area contributed by atoms with E-state index < -0.39 is 0 Å². The summed E-state index contributed by atoms with van der Waals surface area (Å²) in [4.78, 5) is 21.9. The molecule has 0 unspecified atom stereocenters. The Morgan fingerprint density at radius 2 is 1.89 bits per heavy atom. The highest BCUT2D eigenvalue weighted by atomic mass is 16.3. The third-order valence-electron chi connectivity index (χ3n) is 5.26. The minimum Gasteiger partial charge on any atom is -0.393 e. The SMILES string of the molecule is CCn1cc(-c2ccnc(NC3CCC(O)CC3)n2)n(-c2ccccc2)c1=O. The van der Waals surface area contributed by atoms with Gasteiger partial charge in [-0.3, -0.25) is 9.13 Å². The van der Waals surface area contributed by atoms with Crippen molar-refractivity contribution in [3.05, 3.63) is 59.3 Å². The molecule has 146 valence electrons. The van der Waals surface area contributed by atoms with Crippen molar-refractivity contribution < 1.29 is 5.11 Å². The molecule has 2 heterocycles. The number of aliphatic hydroxyl groups excluding tert-OH is 1. The second-order valence-corrected chi connectivity index (χ2v) is 7.17. The molecule has 0 saturated heterocycles. The van der Waals surface area contributed by atoms with E-state index in [1.54, 1.807) is 15.3 Å². The first-order valence-electron chi connectivity index (χ1n) is 9.81. The van der Waals surface area contributed by atoms with Crippen molar-refractivity contribution in [3.63, 3.8) is 0 Å². The van der Waals surface area contributed by atoms with Crippen LogP contribution in [-0.2, 0) is 6.54 Å². The van der Waals surface area contributed by atoms with Gasteiger partial charge in [-0.05, 0) is 50.8 Å². The maximum Gasteiger partial charge on any atom is 0.333 e. The predicted molar refractivity (Wildman–Crippen MR) is 109 cm³/mol. The molecule has 7 nitrogen and oxygen atoms in total. The molecule has 1 saturated carbocycles. The highest BCUT2D eigenvalue weighted by molar-refractivity contribution is 5.59. The first-order valence-corrected chi connectivity index (χ1v) is 9.81. The molecule has 1 aliphatic carbocycles. The zero-order chi connectivity index (χ0) is 19.5. The number of hydrogen-bond donors (Lipinski definition) is 2. The van der Waals surface area contributed by atoms with Crippen molar-refractivity contribution in [1.29, 1.82) is 0 Å². The Labute approximate surface area is 163 Å². The lowest BCUT2D eigenvalue weighted by atomic mass is 9.93. The zero-order valence-corrected chi connectivity index (χ0v) is 16.0. The molecule has 7 heteroatoms. The molecule has 0 bridgehead atoms. The smallest absolute Gasteiger partial charge is 0.333 e. The highest BCUT2D eigenvalue weighted by Gasteiger charge is 2.20. The van der Waals surface area contributed by atoms with Crippen LogP contribution in [0.25, 0.3) is 17.1 Å². The lowest BCUT2D eigenvalue weighted by Gasteiger charge is -2.26. The van der Waals surface area contributed by atoms with E-state index in [0.29, 0.717) is 18.2 Å². The summed E-state index contributed by atoms with van der Waals surface area (Å²) in [6.07, 6.45) is 6.75. The summed E-state index contributed by atoms with van der Waals surface area (Å²) in [7, 11) is 0. The van der Waals surface area contributed by atoms with Crippen LogP contribution in [-0.4, -0.2) is 36.4 Å². The lowest BCUT2D eigenvalue weighted by molar-refractivity contribution is 0.126. The summed E-state index contributed by atoms with van der Waals surface area (Å²) < 4.78 is 3.37. The molecule has 4 rings (SSSR count). The van der Waals surface area contributed by atoms with Gasteiger partial charge in [0.1, 0.15) is 0 Å². The van der Waals surface area contributed by atoms with Gasteiger partial charge < -0.3 is 10.4 Å². The van der Waals surface area contributed by atoms with Crippen LogP contribution in [0, 0.1) is 0 Å². The fourth-order valence-corrected chi connectivity index (χ4v) is 3.70. The summed E-state index contributed by atoms with van der Waals surface area (Å²) in [6, 6.07) is 11.7. The summed E-state index contributed by atoms with van der Waals surface area (Å²) in [5, 5.41) is 13.1. The van der Waals surface area contributed by atoms with E-state index in [1.165, 1.54) is 0 Å². The molecular weight excluding hydrogens is 354 g/mol. The molecule has 0 spiro atoms. The summed E-state index contributed by atoms with van der Waals surface area (Å²) >= 11 is 0. The van der Waals surface area contributed by atoms with Gasteiger partial charge in [0.05, 0.1) is 23.2 Å². The van der Waals surface area contributed by atoms with Crippen molar-refractivity contribution in [2.24, 2.45) is 0 Å². The van der Waals surface area contributed by atoms with Crippen LogP contribution in [0.3, 0.4) is 0 Å². The number of aliphatic hydroxyl groups is 1. The van der Waals surface area contributed by atoms with Crippen molar-refractivity contribution in [2.75, 3.05) is 5.32 Å². The second kappa shape index (κ2) is 7.98. The standard InChI is InChI=1S/C21H25N5O2/c1-2-25-14-19(26(21(25)28)16-6-4-3-5-7-16)18-12-13-22-20(24-18)23-15-8-10-17(27)11-9-15/h3-7,12-15,17,27H,2,8-11H2,1H3,(H,22,23,24). The molecular formula is C21H25N5O2. The van der Waals surface area contributed by atoms with Gasteiger partial charge in [0.15, 0.2) is 0 Å². The minimum absolute atomic E-state index is 0.0851. The number of nitrogens with zero attached hydrogens (tertiary/aromatic N) is 4. The number of aryl methyl sites for hydroxylation is 1. The Morgan fingerprint density at radius 3 is 2.61 bits per heavy atom. The first-order chi connectivity index (χ1) is 13.7. The average Bonchev–Trinajstić information content (AvgIpc) is 3.07. The quantitative estimate of drug-likeness (QED) is 0.712. The van der Waals surface area contributed by atoms with E-state index in [2.05, 4.69) is 15.3 Å². The minimum atomic E-state index is -0.195. The van der Waals surface area contributed by atoms with E-state index in [9.17, 15) is 9.90 Å². The molecule has 0 atom stereocenters. The van der Waals surface area contributed by atoms with Crippen LogP contribution in [0.2, 0.25) is 0 Å². The summed E-state index contributed by atoms with van der Waals surface area (Å²) in [6.45, 7) is 2.54. The number of imidazole rings is 1. The van der Waals surface area contributed by atoms with Crippen LogP contribution >= 0.6 is 0 Å². The van der Waals surface area contributed by atoms with Gasteiger partial charge in [0.25, 0.3) is 0 Å². The second-order valence-electron chi connectivity index (χ2n) is 7.17. The first kappa shape index (κ1) is 18.4. The van der Waals surface area contributed by atoms with Gasteiger partial charge in [-0.25, -0.2) is 14.8 Å². The van der Waals surface area contributed by atoms with Gasteiger partial charge in [-0.1, -0.05) is 18.2 Å². The van der Waals surface area contributed by atoms with E-state index in [-0.39, 0.29) is 17.8 Å². The van der Waals surface area contributed by atoms with Crippen molar-refractivity contribution in [1.82, 2.24) is 19.1 Å². The number of benzene rings is 1. The number of para-hydroxylation sites is 1. The Bertz CT molecular complexity index is 988. The van der Waals surface area contributed by atoms with E-state index in [4.69, 9.17) is 0 Å². The fraction of sp³-hybridized carbons (Fsp3) is 0.381. The Balaban J connectivity index is 1.69. The maximum absolute atomic E-state index is 12.9. The molecule has 0 aliphatic heterocycles. The Hall–Kier alpha value is -2.93. The number of hydrogen-bond acceptors (Lipinski definition) is 5. The Kier molecular flexibility index (Phi) is 5.25. The van der Waals surface area contributed by atoms with Crippen molar-refractivity contribution in [2.45, 2.75) is 51.3 Å². The third kappa shape index (κ3) is 3.71. The van der Waals surface area contributed by atoms with Gasteiger partial charge in [0.2, 0.25) is 5.95 Å². The molecule has 28 heavy (non-hydrogen) atoms. The van der Waals surface area contributed by atoms with Crippen LogP contribution < -0.4 is 11.0 Å². The van der Waals surface area contributed by atoms with Crippen LogP contribution in [0.1, 0.15) is 32.6 Å². The number of anilines is 1. The number of nitrogens with one attached hydrogen (secondary N) is 1. The van der Waals surface area contributed by atoms with Crippen molar-refractivity contribution in [3.8, 4) is 17.1 Å². The van der Waals surface area contributed by atoms with Crippen LogP contribution in [0.4, 0.5) is 5.95 Å². The molecule has 0 radical (unpaired) electrons. The topological polar surface area (TPSA) is 85.0 Å². The monoisotopic (exact) mass is 379 g/mol. The van der Waals surface area contributed by atoms with Crippen LogP contribution in [0.5, 0.6) is 0 Å². The largest absolute Gasteiger partial charge is 0.393 e. The van der Waals surface area contributed by atoms with E-state index in [0.717, 1.165) is 37.1 Å². The molecule has 1 aliphatic rings. The maximum atomic E-state index is 12.9. The number of aromatic nitrogens is 4. The van der Waals surface area contributed by atoms with E-state index in [1.807, 2.05) is 49.5 Å². The highest BCUT2D eigenvalue weighted by Crippen LogP contribution is 2.23. The molecule has 0 amide bonds. The molecule has 2 aromatic heterocycles. The van der Waals surface area contributed by atoms with Gasteiger partial charge in [-0.2, -0.15) is 0 Å². The lowest BCUT2D eigenvalue weighted by Crippen LogP contribution is -2.29. The van der Waals surface area contributed by atoms with Crippen LogP contribution in [0.15, 0.2) is 53.6 Å². The summed E-state index contributed by atoms with van der Waals surface area (Å²) in [5.74, 6) is 0.551. The zero-order valence-electron chi connectivity index (χ0n) is 16.0. The third-order valence-corrected chi connectivity index (χ3v) is 5.26. The fourth-order valence-electron chi connectivity index (χ4n) is 3.70.